The van der Waals surface area contributed by atoms with Gasteiger partial charge in [-0.15, -0.1) is 11.8 Å². The van der Waals surface area contributed by atoms with Crippen molar-refractivity contribution in [3.63, 3.8) is 0 Å². The Hall–Kier alpha value is -0.910. The maximum Gasteiger partial charge on any atom is 0.230 e. The van der Waals surface area contributed by atoms with Crippen LogP contribution in [-0.2, 0) is 9.53 Å². The highest BCUT2D eigenvalue weighted by molar-refractivity contribution is 8.00. The van der Waals surface area contributed by atoms with Gasteiger partial charge in [-0.25, -0.2) is 0 Å². The molecule has 3 N–H and O–H groups in total. The largest absolute Gasteiger partial charge is 0.398 e. The van der Waals surface area contributed by atoms with Crippen LogP contribution in [0.4, 0.5) is 5.69 Å². The molecule has 1 fully saturated rings. The van der Waals surface area contributed by atoms with E-state index in [1.807, 2.05) is 6.07 Å². The van der Waals surface area contributed by atoms with Crippen molar-refractivity contribution in [2.45, 2.75) is 23.8 Å². The van der Waals surface area contributed by atoms with E-state index in [0.29, 0.717) is 16.5 Å². The zero-order valence-electron chi connectivity index (χ0n) is 10.5. The minimum atomic E-state index is 0.0336. The summed E-state index contributed by atoms with van der Waals surface area (Å²) in [5.74, 6) is 0.398. The van der Waals surface area contributed by atoms with Crippen molar-refractivity contribution in [1.82, 2.24) is 5.32 Å². The van der Waals surface area contributed by atoms with Crippen LogP contribution in [-0.4, -0.2) is 30.9 Å². The molecule has 1 aliphatic heterocycles. The summed E-state index contributed by atoms with van der Waals surface area (Å²) in [5.41, 5.74) is 6.45. The van der Waals surface area contributed by atoms with Crippen LogP contribution >= 0.6 is 23.4 Å². The molecule has 0 unspecified atom stereocenters. The monoisotopic (exact) mass is 300 g/mol. The minimum Gasteiger partial charge on any atom is -0.398 e. The second-order valence-electron chi connectivity index (χ2n) is 4.42. The number of hydrogen-bond donors (Lipinski definition) is 2. The van der Waals surface area contributed by atoms with E-state index in [9.17, 15) is 4.79 Å². The fraction of sp³-hybridized carbons (Fsp3) is 0.462. The van der Waals surface area contributed by atoms with Gasteiger partial charge < -0.3 is 15.8 Å². The Morgan fingerprint density at radius 2 is 2.21 bits per heavy atom. The first-order valence-corrected chi connectivity index (χ1v) is 7.56. The number of hydrogen-bond acceptors (Lipinski definition) is 4. The Morgan fingerprint density at radius 3 is 2.89 bits per heavy atom. The molecule has 0 spiro atoms. The molecule has 6 heteroatoms. The fourth-order valence-corrected chi connectivity index (χ4v) is 2.85. The van der Waals surface area contributed by atoms with E-state index < -0.39 is 0 Å². The van der Waals surface area contributed by atoms with Crippen molar-refractivity contribution in [2.75, 3.05) is 24.7 Å². The van der Waals surface area contributed by atoms with Gasteiger partial charge in [0.25, 0.3) is 0 Å². The molecule has 4 nitrogen and oxygen atoms in total. The van der Waals surface area contributed by atoms with E-state index in [1.165, 1.54) is 11.8 Å². The molecule has 1 aromatic carbocycles. The zero-order chi connectivity index (χ0) is 13.7. The van der Waals surface area contributed by atoms with E-state index in [2.05, 4.69) is 5.32 Å². The number of rotatable bonds is 4. The molecule has 1 heterocycles. The van der Waals surface area contributed by atoms with Crippen LogP contribution in [0.1, 0.15) is 12.8 Å². The number of ether oxygens (including phenoxy) is 1. The third-order valence-corrected chi connectivity index (χ3v) is 4.24. The minimum absolute atomic E-state index is 0.0336. The maximum atomic E-state index is 11.8. The summed E-state index contributed by atoms with van der Waals surface area (Å²) in [5, 5.41) is 3.62. The smallest absolute Gasteiger partial charge is 0.230 e. The van der Waals surface area contributed by atoms with Gasteiger partial charge in [0.05, 0.1) is 5.75 Å². The van der Waals surface area contributed by atoms with Crippen LogP contribution in [0.25, 0.3) is 0 Å². The Balaban J connectivity index is 1.79. The fourth-order valence-electron chi connectivity index (χ4n) is 1.91. The van der Waals surface area contributed by atoms with E-state index >= 15 is 0 Å². The molecule has 104 valence electrons. The predicted octanol–water partition coefficient (Wildman–Crippen LogP) is 2.31. The standard InChI is InChI=1S/C13H17ClN2O2S/c14-9-1-2-12(11(15)7-9)19-8-13(17)16-10-3-5-18-6-4-10/h1-2,7,10H,3-6,8,15H2,(H,16,17). The second kappa shape index (κ2) is 7.03. The zero-order valence-corrected chi connectivity index (χ0v) is 12.1. The average Bonchev–Trinajstić information content (AvgIpc) is 2.39. The van der Waals surface area contributed by atoms with Gasteiger partial charge >= 0.3 is 0 Å². The summed E-state index contributed by atoms with van der Waals surface area (Å²) in [6, 6.07) is 5.55. The topological polar surface area (TPSA) is 64.4 Å². The average molecular weight is 301 g/mol. The molecule has 0 aliphatic carbocycles. The molecular weight excluding hydrogens is 284 g/mol. The molecule has 1 saturated heterocycles. The lowest BCUT2D eigenvalue weighted by atomic mass is 10.1. The molecule has 0 bridgehead atoms. The van der Waals surface area contributed by atoms with Crippen LogP contribution in [0, 0.1) is 0 Å². The molecule has 19 heavy (non-hydrogen) atoms. The van der Waals surface area contributed by atoms with Crippen molar-refractivity contribution < 1.29 is 9.53 Å². The molecular formula is C13H17ClN2O2S. The highest BCUT2D eigenvalue weighted by atomic mass is 35.5. The number of nitrogens with two attached hydrogens (primary N) is 1. The lowest BCUT2D eigenvalue weighted by Crippen LogP contribution is -2.39. The number of anilines is 1. The summed E-state index contributed by atoms with van der Waals surface area (Å²) in [7, 11) is 0. The first kappa shape index (κ1) is 14.5. The predicted molar refractivity (Wildman–Crippen MR) is 78.6 cm³/mol. The van der Waals surface area contributed by atoms with E-state index in [1.54, 1.807) is 12.1 Å². The summed E-state index contributed by atoms with van der Waals surface area (Å²) in [6.07, 6.45) is 1.78. The Bertz CT molecular complexity index is 450. The molecule has 0 aromatic heterocycles. The van der Waals surface area contributed by atoms with Crippen molar-refractivity contribution >= 4 is 35.0 Å². The summed E-state index contributed by atoms with van der Waals surface area (Å²) < 4.78 is 5.25. The third-order valence-electron chi connectivity index (χ3n) is 2.92. The van der Waals surface area contributed by atoms with Gasteiger partial charge in [0, 0.05) is 34.9 Å². The second-order valence-corrected chi connectivity index (χ2v) is 5.88. The number of carbonyl (C=O) groups is 1. The first-order valence-electron chi connectivity index (χ1n) is 6.20. The number of carbonyl (C=O) groups excluding carboxylic acids is 1. The van der Waals surface area contributed by atoms with Gasteiger partial charge in [-0.2, -0.15) is 0 Å². The van der Waals surface area contributed by atoms with Gasteiger partial charge in [0.15, 0.2) is 0 Å². The molecule has 2 rings (SSSR count). The lowest BCUT2D eigenvalue weighted by Gasteiger charge is -2.23. The Labute approximate surface area is 122 Å². The summed E-state index contributed by atoms with van der Waals surface area (Å²) in [6.45, 7) is 1.45. The number of nitrogen functional groups attached to an aromatic ring is 1. The SMILES string of the molecule is Nc1cc(Cl)ccc1SCC(=O)NC1CCOCC1. The van der Waals surface area contributed by atoms with Gasteiger partial charge in [0.1, 0.15) is 0 Å². The Kier molecular flexibility index (Phi) is 5.36. The van der Waals surface area contributed by atoms with Gasteiger partial charge in [0.2, 0.25) is 5.91 Å². The molecule has 1 aliphatic rings. The maximum absolute atomic E-state index is 11.8. The van der Waals surface area contributed by atoms with Crippen LogP contribution in [0.3, 0.4) is 0 Å². The number of amides is 1. The first-order chi connectivity index (χ1) is 9.15. The van der Waals surface area contributed by atoms with Crippen molar-refractivity contribution in [1.29, 1.82) is 0 Å². The Morgan fingerprint density at radius 1 is 1.47 bits per heavy atom. The van der Waals surface area contributed by atoms with Crippen LogP contribution in [0.15, 0.2) is 23.1 Å². The third kappa shape index (κ3) is 4.60. The van der Waals surface area contributed by atoms with E-state index in [0.717, 1.165) is 31.0 Å². The summed E-state index contributed by atoms with van der Waals surface area (Å²) in [4.78, 5) is 12.7. The molecule has 0 radical (unpaired) electrons. The van der Waals surface area contributed by atoms with Gasteiger partial charge in [-0.1, -0.05) is 11.6 Å². The molecule has 0 saturated carbocycles. The van der Waals surface area contributed by atoms with E-state index in [-0.39, 0.29) is 11.9 Å². The molecule has 0 atom stereocenters. The van der Waals surface area contributed by atoms with Crippen LogP contribution in [0.2, 0.25) is 5.02 Å². The number of halogens is 1. The lowest BCUT2D eigenvalue weighted by molar-refractivity contribution is -0.119. The van der Waals surface area contributed by atoms with Gasteiger partial charge in [-0.3, -0.25) is 4.79 Å². The highest BCUT2D eigenvalue weighted by Gasteiger charge is 2.16. The van der Waals surface area contributed by atoms with Gasteiger partial charge in [-0.05, 0) is 31.0 Å². The van der Waals surface area contributed by atoms with Crippen LogP contribution in [0.5, 0.6) is 0 Å². The normalized spacial score (nSPS) is 16.3. The van der Waals surface area contributed by atoms with Crippen molar-refractivity contribution in [3.8, 4) is 0 Å². The highest BCUT2D eigenvalue weighted by Crippen LogP contribution is 2.27. The number of benzene rings is 1. The molecule has 1 amide bonds. The van der Waals surface area contributed by atoms with E-state index in [4.69, 9.17) is 22.1 Å². The van der Waals surface area contributed by atoms with Crippen molar-refractivity contribution in [3.05, 3.63) is 23.2 Å². The van der Waals surface area contributed by atoms with Crippen LogP contribution < -0.4 is 11.1 Å². The number of nitrogens with one attached hydrogen (secondary N) is 1. The number of thioether (sulfide) groups is 1. The summed E-state index contributed by atoms with van der Waals surface area (Å²) >= 11 is 7.25. The quantitative estimate of drug-likeness (QED) is 0.661. The van der Waals surface area contributed by atoms with Crippen molar-refractivity contribution in [2.24, 2.45) is 0 Å². The molecule has 1 aromatic rings.